The number of ether oxygens (including phenoxy) is 1. The molecule has 1 saturated heterocycles. The molecule has 1 fully saturated rings. The maximum Gasteiger partial charge on any atom is 0.417 e. The summed E-state index contributed by atoms with van der Waals surface area (Å²) >= 11 is 0. The van der Waals surface area contributed by atoms with Crippen LogP contribution in [0.5, 0.6) is 0 Å². The van der Waals surface area contributed by atoms with Gasteiger partial charge in [-0.15, -0.1) is 0 Å². The zero-order chi connectivity index (χ0) is 22.0. The lowest BCUT2D eigenvalue weighted by atomic mass is 9.79. The van der Waals surface area contributed by atoms with Crippen LogP contribution < -0.4 is 0 Å². The number of imide groups is 1. The van der Waals surface area contributed by atoms with Crippen LogP contribution in [-0.2, 0) is 23.5 Å². The average molecular weight is 414 g/mol. The highest BCUT2D eigenvalue weighted by atomic mass is 28.4. The van der Waals surface area contributed by atoms with Crippen LogP contribution in [0.15, 0.2) is 0 Å². The lowest BCUT2D eigenvalue weighted by Crippen LogP contribution is -2.48. The molecule has 1 aliphatic rings. The normalized spacial score (nSPS) is 20.2. The Hall–Kier alpha value is -1.54. The Balaban J connectivity index is 3.20. The molecule has 1 unspecified atom stereocenters. The van der Waals surface area contributed by atoms with Crippen molar-refractivity contribution in [2.24, 2.45) is 5.41 Å². The Kier molecular flexibility index (Phi) is 7.39. The van der Waals surface area contributed by atoms with Gasteiger partial charge in [-0.2, -0.15) is 0 Å². The molecule has 0 N–H and O–H groups in total. The van der Waals surface area contributed by atoms with E-state index in [1.807, 2.05) is 0 Å². The van der Waals surface area contributed by atoms with E-state index in [2.05, 4.69) is 33.9 Å². The molecule has 0 saturated carbocycles. The third-order valence-corrected chi connectivity index (χ3v) is 10.1. The molecule has 1 heterocycles. The largest absolute Gasteiger partial charge is 0.443 e. The molecule has 1 atom stereocenters. The number of hydrogen-bond acceptors (Lipinski definition) is 6. The zero-order valence-corrected chi connectivity index (χ0v) is 19.5. The maximum atomic E-state index is 13.1. The van der Waals surface area contributed by atoms with Gasteiger partial charge in [0, 0.05) is 12.8 Å². The summed E-state index contributed by atoms with van der Waals surface area (Å²) in [6.07, 6.45) is 0.482. The van der Waals surface area contributed by atoms with Crippen LogP contribution in [0.2, 0.25) is 18.1 Å². The topological polar surface area (TPSA) is 90.0 Å². The van der Waals surface area contributed by atoms with Crippen molar-refractivity contribution < 1.29 is 28.3 Å². The number of likely N-dealkylation sites (tertiary alicyclic amines) is 1. The number of amides is 2. The van der Waals surface area contributed by atoms with Crippen LogP contribution in [0.3, 0.4) is 0 Å². The van der Waals surface area contributed by atoms with Crippen LogP contribution in [0.25, 0.3) is 0 Å². The molecule has 1 rings (SSSR count). The predicted octanol–water partition coefficient (Wildman–Crippen LogP) is 3.71. The minimum Gasteiger partial charge on any atom is -0.443 e. The molecule has 0 radical (unpaired) electrons. The summed E-state index contributed by atoms with van der Waals surface area (Å²) in [6.45, 7) is 15.8. The second kappa shape index (κ2) is 8.45. The summed E-state index contributed by atoms with van der Waals surface area (Å²) in [5.41, 5.74) is -1.98. The summed E-state index contributed by atoms with van der Waals surface area (Å²) in [5.74, 6) is -0.537. The zero-order valence-electron chi connectivity index (χ0n) is 18.5. The van der Waals surface area contributed by atoms with Gasteiger partial charge in [0.15, 0.2) is 8.32 Å². The number of rotatable bonds is 7. The van der Waals surface area contributed by atoms with E-state index in [4.69, 9.17) is 9.16 Å². The molecule has 0 bridgehead atoms. The molecule has 2 amide bonds. The van der Waals surface area contributed by atoms with Gasteiger partial charge in [0.25, 0.3) is 0 Å². The Bertz CT molecular complexity index is 607. The third kappa shape index (κ3) is 5.50. The van der Waals surface area contributed by atoms with E-state index < -0.39 is 37.4 Å². The molecule has 160 valence electrons. The predicted molar refractivity (Wildman–Crippen MR) is 108 cm³/mol. The van der Waals surface area contributed by atoms with Gasteiger partial charge in [-0.05, 0) is 45.3 Å². The van der Waals surface area contributed by atoms with Gasteiger partial charge in [0.05, 0.1) is 18.1 Å². The highest BCUT2D eigenvalue weighted by molar-refractivity contribution is 6.74. The first-order valence-corrected chi connectivity index (χ1v) is 12.6. The molecular weight excluding hydrogens is 378 g/mol. The molecular formula is C20H35NO6Si. The lowest BCUT2D eigenvalue weighted by molar-refractivity contribution is -0.139. The van der Waals surface area contributed by atoms with Gasteiger partial charge >= 0.3 is 6.09 Å². The van der Waals surface area contributed by atoms with E-state index in [-0.39, 0.29) is 30.9 Å². The summed E-state index contributed by atoms with van der Waals surface area (Å²) in [6, 6.07) is -0.573. The van der Waals surface area contributed by atoms with E-state index in [0.29, 0.717) is 12.6 Å². The monoisotopic (exact) mass is 413 g/mol. The Morgan fingerprint density at radius 1 is 1.14 bits per heavy atom. The van der Waals surface area contributed by atoms with E-state index in [9.17, 15) is 19.2 Å². The van der Waals surface area contributed by atoms with Crippen LogP contribution in [0, 0.1) is 5.41 Å². The second-order valence-corrected chi connectivity index (χ2v) is 14.9. The van der Waals surface area contributed by atoms with Gasteiger partial charge < -0.3 is 18.8 Å². The van der Waals surface area contributed by atoms with Gasteiger partial charge in [0.2, 0.25) is 5.91 Å². The highest BCUT2D eigenvalue weighted by Crippen LogP contribution is 2.43. The summed E-state index contributed by atoms with van der Waals surface area (Å²) in [5, 5.41) is -0.0327. The number of carbonyl (C=O) groups excluding carboxylic acids is 4. The first-order valence-electron chi connectivity index (χ1n) is 9.68. The summed E-state index contributed by atoms with van der Waals surface area (Å²) in [7, 11) is -2.12. The highest BCUT2D eigenvalue weighted by Gasteiger charge is 2.55. The molecule has 1 aliphatic heterocycles. The van der Waals surface area contributed by atoms with Crippen LogP contribution >= 0.6 is 0 Å². The fourth-order valence-electron chi connectivity index (χ4n) is 2.99. The van der Waals surface area contributed by atoms with Crippen LogP contribution in [-0.4, -0.2) is 56.0 Å². The van der Waals surface area contributed by atoms with Gasteiger partial charge in [0.1, 0.15) is 18.2 Å². The van der Waals surface area contributed by atoms with Gasteiger partial charge in [-0.25, -0.2) is 9.69 Å². The smallest absolute Gasteiger partial charge is 0.417 e. The van der Waals surface area contributed by atoms with E-state index >= 15 is 0 Å². The Labute approximate surface area is 169 Å². The van der Waals surface area contributed by atoms with E-state index in [1.165, 1.54) is 0 Å². The average Bonchev–Trinajstić information content (AvgIpc) is 2.76. The van der Waals surface area contributed by atoms with Gasteiger partial charge in [-0.3, -0.25) is 4.79 Å². The van der Waals surface area contributed by atoms with Crippen molar-refractivity contribution in [2.75, 3.05) is 6.61 Å². The molecule has 28 heavy (non-hydrogen) atoms. The number of carbonyl (C=O) groups is 4. The van der Waals surface area contributed by atoms with Crippen molar-refractivity contribution in [3.8, 4) is 0 Å². The molecule has 0 aromatic rings. The Morgan fingerprint density at radius 3 is 2.04 bits per heavy atom. The number of aldehydes is 2. The fourth-order valence-corrected chi connectivity index (χ4v) is 4.03. The molecule has 0 aromatic carbocycles. The van der Waals surface area contributed by atoms with Crippen LogP contribution in [0.4, 0.5) is 4.79 Å². The minimum atomic E-state index is -2.12. The standard InChI is InChI=1S/C20H35NO6Si/c1-18(2,3)27-17(25)21-15(14-26-28(7,8)19(4,5)6)13-20(9-11-22,10-12-23)16(21)24/h11-12,15H,9-10,13-14H2,1-8H3. The molecule has 7 nitrogen and oxygen atoms in total. The van der Waals surface area contributed by atoms with Crippen molar-refractivity contribution >= 4 is 32.9 Å². The van der Waals surface area contributed by atoms with Crippen molar-refractivity contribution in [1.29, 1.82) is 0 Å². The van der Waals surface area contributed by atoms with Crippen molar-refractivity contribution in [3.05, 3.63) is 0 Å². The molecule has 8 heteroatoms. The van der Waals surface area contributed by atoms with E-state index in [1.54, 1.807) is 20.8 Å². The quantitative estimate of drug-likeness (QED) is 0.467. The molecule has 0 aromatic heterocycles. The van der Waals surface area contributed by atoms with Gasteiger partial charge in [-0.1, -0.05) is 20.8 Å². The van der Waals surface area contributed by atoms with E-state index in [0.717, 1.165) is 4.90 Å². The number of nitrogens with zero attached hydrogens (tertiary/aromatic N) is 1. The number of hydrogen-bond donors (Lipinski definition) is 0. The van der Waals surface area contributed by atoms with Crippen molar-refractivity contribution in [2.45, 2.75) is 90.6 Å². The summed E-state index contributed by atoms with van der Waals surface area (Å²) in [4.78, 5) is 49.4. The Morgan fingerprint density at radius 2 is 1.64 bits per heavy atom. The van der Waals surface area contributed by atoms with Crippen molar-refractivity contribution in [1.82, 2.24) is 4.90 Å². The first-order chi connectivity index (χ1) is 12.6. The van der Waals surface area contributed by atoms with Crippen LogP contribution in [0.1, 0.15) is 60.8 Å². The summed E-state index contributed by atoms with van der Waals surface area (Å²) < 4.78 is 11.7. The SMILES string of the molecule is CC(C)(C)OC(=O)N1C(=O)C(CC=O)(CC=O)CC1CO[Si](C)(C)C(C)(C)C. The second-order valence-electron chi connectivity index (χ2n) is 10.1. The third-order valence-electron chi connectivity index (χ3n) is 5.65. The maximum absolute atomic E-state index is 13.1. The molecule has 0 spiro atoms. The lowest BCUT2D eigenvalue weighted by Gasteiger charge is -2.37. The first kappa shape index (κ1) is 24.5. The minimum absolute atomic E-state index is 0.0327. The van der Waals surface area contributed by atoms with Crippen molar-refractivity contribution in [3.63, 3.8) is 0 Å². The fraction of sp³-hybridized carbons (Fsp3) is 0.800. The molecule has 0 aliphatic carbocycles.